The number of methoxy groups -OCH3 is 1. The van der Waals surface area contributed by atoms with Gasteiger partial charge in [0.1, 0.15) is 0 Å². The summed E-state index contributed by atoms with van der Waals surface area (Å²) < 4.78 is 6.85. The summed E-state index contributed by atoms with van der Waals surface area (Å²) in [6.07, 6.45) is 0.104. The van der Waals surface area contributed by atoms with Crippen molar-refractivity contribution in [2.45, 2.75) is 13.0 Å². The molecule has 96 valence electrons. The normalized spacial score (nSPS) is 12.6. The number of pyridine rings is 1. The predicted molar refractivity (Wildman–Crippen MR) is 74.1 cm³/mol. The Morgan fingerprint density at radius 1 is 1.39 bits per heavy atom. The van der Waals surface area contributed by atoms with E-state index in [0.717, 1.165) is 16.6 Å². The van der Waals surface area contributed by atoms with Gasteiger partial charge in [-0.1, -0.05) is 18.2 Å². The maximum atomic E-state index is 11.9. The van der Waals surface area contributed by atoms with Crippen LogP contribution in [-0.4, -0.2) is 24.3 Å². The highest BCUT2D eigenvalue weighted by molar-refractivity contribution is 5.91. The monoisotopic (exact) mass is 246 g/mol. The van der Waals surface area contributed by atoms with Crippen LogP contribution in [-0.2, 0) is 11.8 Å². The maximum absolute atomic E-state index is 11.9. The third-order valence-corrected chi connectivity index (χ3v) is 3.14. The topological polar surface area (TPSA) is 43.3 Å². The molecule has 1 atom stereocenters. The number of benzene rings is 1. The SMILES string of the molecule is COC(C)CNc1cc(=O)n(C)c2ccccc12. The molecule has 2 rings (SSSR count). The van der Waals surface area contributed by atoms with Crippen LogP contribution < -0.4 is 10.9 Å². The summed E-state index contributed by atoms with van der Waals surface area (Å²) in [5.74, 6) is 0. The van der Waals surface area contributed by atoms with Crippen molar-refractivity contribution in [3.8, 4) is 0 Å². The highest BCUT2D eigenvalue weighted by atomic mass is 16.5. The molecule has 0 saturated heterocycles. The van der Waals surface area contributed by atoms with Crippen LogP contribution in [0.1, 0.15) is 6.92 Å². The van der Waals surface area contributed by atoms with Gasteiger partial charge in [0.2, 0.25) is 0 Å². The fourth-order valence-corrected chi connectivity index (χ4v) is 1.89. The van der Waals surface area contributed by atoms with E-state index in [1.807, 2.05) is 31.2 Å². The Morgan fingerprint density at radius 3 is 2.83 bits per heavy atom. The van der Waals surface area contributed by atoms with E-state index in [2.05, 4.69) is 5.32 Å². The number of nitrogens with one attached hydrogen (secondary N) is 1. The molecule has 4 nitrogen and oxygen atoms in total. The highest BCUT2D eigenvalue weighted by Crippen LogP contribution is 2.20. The number of nitrogens with zero attached hydrogens (tertiary/aromatic N) is 1. The van der Waals surface area contributed by atoms with Gasteiger partial charge in [0, 0.05) is 37.8 Å². The molecule has 1 heterocycles. The molecule has 1 aromatic heterocycles. The minimum Gasteiger partial charge on any atom is -0.382 e. The Kier molecular flexibility index (Phi) is 3.67. The van der Waals surface area contributed by atoms with Crippen molar-refractivity contribution in [2.24, 2.45) is 7.05 Å². The van der Waals surface area contributed by atoms with E-state index in [1.165, 1.54) is 0 Å². The molecule has 2 aromatic rings. The zero-order chi connectivity index (χ0) is 13.1. The smallest absolute Gasteiger partial charge is 0.252 e. The van der Waals surface area contributed by atoms with Gasteiger partial charge in [0.15, 0.2) is 0 Å². The molecule has 0 bridgehead atoms. The number of hydrogen-bond acceptors (Lipinski definition) is 3. The van der Waals surface area contributed by atoms with E-state index in [-0.39, 0.29) is 11.7 Å². The lowest BCUT2D eigenvalue weighted by Crippen LogP contribution is -2.21. The first-order chi connectivity index (χ1) is 8.63. The van der Waals surface area contributed by atoms with Crippen LogP contribution in [0, 0.1) is 0 Å². The first-order valence-electron chi connectivity index (χ1n) is 5.99. The molecule has 1 unspecified atom stereocenters. The Labute approximate surface area is 106 Å². The Hall–Kier alpha value is -1.81. The second-order valence-corrected chi connectivity index (χ2v) is 4.40. The molecule has 0 spiro atoms. The van der Waals surface area contributed by atoms with Gasteiger partial charge in [-0.05, 0) is 13.0 Å². The molecule has 0 radical (unpaired) electrons. The van der Waals surface area contributed by atoms with Crippen LogP contribution >= 0.6 is 0 Å². The van der Waals surface area contributed by atoms with Crippen molar-refractivity contribution in [3.05, 3.63) is 40.7 Å². The number of para-hydroxylation sites is 1. The van der Waals surface area contributed by atoms with Crippen LogP contribution in [0.3, 0.4) is 0 Å². The number of aromatic nitrogens is 1. The zero-order valence-corrected chi connectivity index (χ0v) is 10.9. The lowest BCUT2D eigenvalue weighted by molar-refractivity contribution is 0.129. The molecule has 0 amide bonds. The molecule has 0 fully saturated rings. The van der Waals surface area contributed by atoms with Gasteiger partial charge < -0.3 is 14.6 Å². The van der Waals surface area contributed by atoms with Crippen LogP contribution in [0.5, 0.6) is 0 Å². The van der Waals surface area contributed by atoms with Crippen LogP contribution in [0.2, 0.25) is 0 Å². The van der Waals surface area contributed by atoms with Gasteiger partial charge in [-0.3, -0.25) is 4.79 Å². The van der Waals surface area contributed by atoms with E-state index in [9.17, 15) is 4.79 Å². The van der Waals surface area contributed by atoms with Crippen molar-refractivity contribution in [1.29, 1.82) is 0 Å². The fourth-order valence-electron chi connectivity index (χ4n) is 1.89. The zero-order valence-electron chi connectivity index (χ0n) is 10.9. The molecular weight excluding hydrogens is 228 g/mol. The number of hydrogen-bond donors (Lipinski definition) is 1. The molecule has 0 aliphatic rings. The minimum absolute atomic E-state index is 0.0127. The second-order valence-electron chi connectivity index (χ2n) is 4.40. The first-order valence-corrected chi connectivity index (χ1v) is 5.99. The molecule has 18 heavy (non-hydrogen) atoms. The number of aryl methyl sites for hydroxylation is 1. The summed E-state index contributed by atoms with van der Waals surface area (Å²) in [5, 5.41) is 4.31. The molecular formula is C14H18N2O2. The molecule has 1 N–H and O–H groups in total. The van der Waals surface area contributed by atoms with Crippen molar-refractivity contribution in [1.82, 2.24) is 4.57 Å². The minimum atomic E-state index is -0.0127. The van der Waals surface area contributed by atoms with Crippen molar-refractivity contribution in [3.63, 3.8) is 0 Å². The third kappa shape index (κ3) is 2.38. The van der Waals surface area contributed by atoms with Crippen molar-refractivity contribution in [2.75, 3.05) is 19.0 Å². The number of fused-ring (bicyclic) bond motifs is 1. The summed E-state index contributed by atoms with van der Waals surface area (Å²) in [6, 6.07) is 9.49. The van der Waals surface area contributed by atoms with Gasteiger partial charge in [-0.25, -0.2) is 0 Å². The van der Waals surface area contributed by atoms with Crippen LogP contribution in [0.4, 0.5) is 5.69 Å². The van der Waals surface area contributed by atoms with Crippen molar-refractivity contribution >= 4 is 16.6 Å². The lowest BCUT2D eigenvalue weighted by Gasteiger charge is -2.14. The standard InChI is InChI=1S/C14H18N2O2/c1-10(18-3)9-15-12-8-14(17)16(2)13-7-5-4-6-11(12)13/h4-8,10,15H,9H2,1-3H3. The van der Waals surface area contributed by atoms with E-state index < -0.39 is 0 Å². The van der Waals surface area contributed by atoms with E-state index >= 15 is 0 Å². The molecule has 4 heteroatoms. The van der Waals surface area contributed by atoms with E-state index in [4.69, 9.17) is 4.74 Å². The van der Waals surface area contributed by atoms with E-state index in [0.29, 0.717) is 6.54 Å². The average molecular weight is 246 g/mol. The summed E-state index contributed by atoms with van der Waals surface area (Å²) in [7, 11) is 3.46. The second kappa shape index (κ2) is 5.23. The molecule has 0 aliphatic carbocycles. The van der Waals surface area contributed by atoms with Gasteiger partial charge in [-0.15, -0.1) is 0 Å². The van der Waals surface area contributed by atoms with Gasteiger partial charge in [0.25, 0.3) is 5.56 Å². The highest BCUT2D eigenvalue weighted by Gasteiger charge is 2.06. The number of anilines is 1. The van der Waals surface area contributed by atoms with Gasteiger partial charge in [-0.2, -0.15) is 0 Å². The number of rotatable bonds is 4. The predicted octanol–water partition coefficient (Wildman–Crippen LogP) is 1.99. The summed E-state index contributed by atoms with van der Waals surface area (Å²) in [5.41, 5.74) is 1.77. The Balaban J connectivity index is 2.44. The van der Waals surface area contributed by atoms with E-state index in [1.54, 1.807) is 24.8 Å². The summed E-state index contributed by atoms with van der Waals surface area (Å²) in [6.45, 7) is 2.66. The number of ether oxygens (including phenoxy) is 1. The summed E-state index contributed by atoms with van der Waals surface area (Å²) in [4.78, 5) is 11.9. The van der Waals surface area contributed by atoms with Crippen LogP contribution in [0.15, 0.2) is 35.1 Å². The molecule has 1 aromatic carbocycles. The quantitative estimate of drug-likeness (QED) is 0.897. The van der Waals surface area contributed by atoms with Gasteiger partial charge >= 0.3 is 0 Å². The first kappa shape index (κ1) is 12.6. The lowest BCUT2D eigenvalue weighted by atomic mass is 10.1. The van der Waals surface area contributed by atoms with Gasteiger partial charge in [0.05, 0.1) is 11.6 Å². The van der Waals surface area contributed by atoms with Crippen LogP contribution in [0.25, 0.3) is 10.9 Å². The summed E-state index contributed by atoms with van der Waals surface area (Å²) >= 11 is 0. The van der Waals surface area contributed by atoms with Crippen molar-refractivity contribution < 1.29 is 4.74 Å². The average Bonchev–Trinajstić information content (AvgIpc) is 2.41. The maximum Gasteiger partial charge on any atom is 0.252 e. The fraction of sp³-hybridized carbons (Fsp3) is 0.357. The Morgan fingerprint density at radius 2 is 2.11 bits per heavy atom. The largest absolute Gasteiger partial charge is 0.382 e. The molecule has 0 saturated carbocycles. The third-order valence-electron chi connectivity index (χ3n) is 3.14. The Bertz CT molecular complexity index is 604. The molecule has 0 aliphatic heterocycles.